The molecule has 2 rings (SSSR count). The van der Waals surface area contributed by atoms with Crippen molar-refractivity contribution >= 4 is 5.91 Å². The molecule has 0 radical (unpaired) electrons. The van der Waals surface area contributed by atoms with E-state index in [4.69, 9.17) is 0 Å². The van der Waals surface area contributed by atoms with Gasteiger partial charge in [0.15, 0.2) is 0 Å². The Labute approximate surface area is 67.4 Å². The fourth-order valence-corrected chi connectivity index (χ4v) is 1.99. The second-order valence-electron chi connectivity index (χ2n) is 4.03. The van der Waals surface area contributed by atoms with Crippen LogP contribution in [-0.4, -0.2) is 12.5 Å². The van der Waals surface area contributed by atoms with Gasteiger partial charge < -0.3 is 5.32 Å². The first kappa shape index (κ1) is 7.14. The molecule has 11 heavy (non-hydrogen) atoms. The molecule has 62 valence electrons. The van der Waals surface area contributed by atoms with Gasteiger partial charge in [-0.25, -0.2) is 0 Å². The summed E-state index contributed by atoms with van der Waals surface area (Å²) in [5, 5.41) is 3.00. The van der Waals surface area contributed by atoms with E-state index in [0.29, 0.717) is 11.3 Å². The molecule has 2 fully saturated rings. The standard InChI is InChI=1S/C9H15NO/c1-2-7-5-9(3-4-9)6-10-8(7)11/h7H,2-6H2,1H3,(H,10,11)/t7-/m0/s1. The summed E-state index contributed by atoms with van der Waals surface area (Å²) < 4.78 is 0. The second-order valence-corrected chi connectivity index (χ2v) is 4.03. The summed E-state index contributed by atoms with van der Waals surface area (Å²) in [6.45, 7) is 3.05. The lowest BCUT2D eigenvalue weighted by Crippen LogP contribution is -2.42. The lowest BCUT2D eigenvalue weighted by molar-refractivity contribution is -0.128. The van der Waals surface area contributed by atoms with Crippen molar-refractivity contribution in [1.82, 2.24) is 5.32 Å². The Kier molecular flexibility index (Phi) is 1.44. The SMILES string of the molecule is CC[C@H]1CC2(CC2)CNC1=O. The van der Waals surface area contributed by atoms with E-state index in [0.717, 1.165) is 19.4 Å². The van der Waals surface area contributed by atoms with Crippen molar-refractivity contribution in [1.29, 1.82) is 0 Å². The molecule has 0 aromatic carbocycles. The van der Waals surface area contributed by atoms with Crippen LogP contribution in [0.5, 0.6) is 0 Å². The minimum Gasteiger partial charge on any atom is -0.355 e. The van der Waals surface area contributed by atoms with Gasteiger partial charge in [-0.2, -0.15) is 0 Å². The molecule has 1 aliphatic carbocycles. The van der Waals surface area contributed by atoms with Crippen molar-refractivity contribution in [3.63, 3.8) is 0 Å². The molecule has 1 spiro atoms. The average Bonchev–Trinajstić information content (AvgIpc) is 2.76. The van der Waals surface area contributed by atoms with E-state index >= 15 is 0 Å². The fraction of sp³-hybridized carbons (Fsp3) is 0.889. The van der Waals surface area contributed by atoms with Gasteiger partial charge in [-0.15, -0.1) is 0 Å². The molecule has 1 saturated carbocycles. The van der Waals surface area contributed by atoms with E-state index in [2.05, 4.69) is 12.2 Å². The number of nitrogens with one attached hydrogen (secondary N) is 1. The van der Waals surface area contributed by atoms with Crippen LogP contribution < -0.4 is 5.32 Å². The molecule has 0 bridgehead atoms. The Hall–Kier alpha value is -0.530. The lowest BCUT2D eigenvalue weighted by atomic mass is 9.86. The average molecular weight is 153 g/mol. The maximum atomic E-state index is 11.2. The first-order valence-electron chi connectivity index (χ1n) is 4.53. The van der Waals surface area contributed by atoms with Crippen LogP contribution >= 0.6 is 0 Å². The molecule has 2 nitrogen and oxygen atoms in total. The van der Waals surface area contributed by atoms with Crippen molar-refractivity contribution in [2.24, 2.45) is 11.3 Å². The number of hydrogen-bond donors (Lipinski definition) is 1. The summed E-state index contributed by atoms with van der Waals surface area (Å²) in [5.74, 6) is 0.594. The highest BCUT2D eigenvalue weighted by molar-refractivity contribution is 5.79. The van der Waals surface area contributed by atoms with Gasteiger partial charge in [0.2, 0.25) is 5.91 Å². The zero-order chi connectivity index (χ0) is 7.90. The Bertz CT molecular complexity index is 184. The van der Waals surface area contributed by atoms with Gasteiger partial charge in [0.1, 0.15) is 0 Å². The minimum absolute atomic E-state index is 0.282. The number of carbonyl (C=O) groups is 1. The lowest BCUT2D eigenvalue weighted by Gasteiger charge is -2.28. The molecule has 1 aliphatic heterocycles. The summed E-state index contributed by atoms with van der Waals surface area (Å²) in [6.07, 6.45) is 4.83. The highest BCUT2D eigenvalue weighted by atomic mass is 16.1. The topological polar surface area (TPSA) is 29.1 Å². The van der Waals surface area contributed by atoms with Gasteiger partial charge in [-0.05, 0) is 31.1 Å². The van der Waals surface area contributed by atoms with Crippen molar-refractivity contribution in [3.05, 3.63) is 0 Å². The largest absolute Gasteiger partial charge is 0.355 e. The quantitative estimate of drug-likeness (QED) is 0.604. The molecule has 0 unspecified atom stereocenters. The summed E-state index contributed by atoms with van der Waals surface area (Å²) in [5.41, 5.74) is 0.550. The van der Waals surface area contributed by atoms with Crippen LogP contribution in [0.25, 0.3) is 0 Å². The van der Waals surface area contributed by atoms with Crippen molar-refractivity contribution in [3.8, 4) is 0 Å². The Morgan fingerprint density at radius 2 is 2.36 bits per heavy atom. The number of amides is 1. The maximum absolute atomic E-state index is 11.2. The Morgan fingerprint density at radius 1 is 1.64 bits per heavy atom. The minimum atomic E-state index is 0.282. The van der Waals surface area contributed by atoms with E-state index < -0.39 is 0 Å². The Balaban J connectivity index is 2.02. The van der Waals surface area contributed by atoms with Crippen molar-refractivity contribution < 1.29 is 4.79 Å². The molecular weight excluding hydrogens is 138 g/mol. The number of piperidine rings is 1. The molecule has 0 aromatic rings. The van der Waals surface area contributed by atoms with Crippen LogP contribution in [0.4, 0.5) is 0 Å². The normalized spacial score (nSPS) is 33.5. The molecule has 2 heteroatoms. The van der Waals surface area contributed by atoms with E-state index in [1.165, 1.54) is 12.8 Å². The van der Waals surface area contributed by atoms with Crippen LogP contribution in [-0.2, 0) is 4.79 Å². The zero-order valence-corrected chi connectivity index (χ0v) is 7.02. The smallest absolute Gasteiger partial charge is 0.223 e. The number of hydrogen-bond acceptors (Lipinski definition) is 1. The maximum Gasteiger partial charge on any atom is 0.223 e. The molecule has 1 N–H and O–H groups in total. The number of rotatable bonds is 1. The zero-order valence-electron chi connectivity index (χ0n) is 7.02. The highest BCUT2D eigenvalue weighted by Crippen LogP contribution is 2.52. The summed E-state index contributed by atoms with van der Waals surface area (Å²) >= 11 is 0. The fourth-order valence-electron chi connectivity index (χ4n) is 1.99. The molecule has 1 saturated heterocycles. The third-order valence-corrected chi connectivity index (χ3v) is 3.14. The van der Waals surface area contributed by atoms with Gasteiger partial charge >= 0.3 is 0 Å². The van der Waals surface area contributed by atoms with Crippen LogP contribution in [0.3, 0.4) is 0 Å². The van der Waals surface area contributed by atoms with Gasteiger partial charge in [0.05, 0.1) is 0 Å². The molecular formula is C9H15NO. The van der Waals surface area contributed by atoms with Gasteiger partial charge in [0.25, 0.3) is 0 Å². The number of carbonyl (C=O) groups excluding carboxylic acids is 1. The molecule has 2 aliphatic rings. The second kappa shape index (κ2) is 2.23. The van der Waals surface area contributed by atoms with Crippen LogP contribution in [0.15, 0.2) is 0 Å². The van der Waals surface area contributed by atoms with Gasteiger partial charge in [-0.1, -0.05) is 6.92 Å². The van der Waals surface area contributed by atoms with E-state index in [1.54, 1.807) is 0 Å². The molecule has 1 heterocycles. The summed E-state index contributed by atoms with van der Waals surface area (Å²) in [6, 6.07) is 0. The van der Waals surface area contributed by atoms with Crippen LogP contribution in [0.2, 0.25) is 0 Å². The molecule has 0 aromatic heterocycles. The summed E-state index contributed by atoms with van der Waals surface area (Å²) in [4.78, 5) is 11.2. The van der Waals surface area contributed by atoms with Crippen molar-refractivity contribution in [2.75, 3.05) is 6.54 Å². The molecule has 1 amide bonds. The van der Waals surface area contributed by atoms with Crippen LogP contribution in [0.1, 0.15) is 32.6 Å². The van der Waals surface area contributed by atoms with Gasteiger partial charge in [0, 0.05) is 12.5 Å². The highest BCUT2D eigenvalue weighted by Gasteiger charge is 2.47. The van der Waals surface area contributed by atoms with Gasteiger partial charge in [-0.3, -0.25) is 4.79 Å². The van der Waals surface area contributed by atoms with E-state index in [1.807, 2.05) is 0 Å². The predicted octanol–water partition coefficient (Wildman–Crippen LogP) is 1.31. The monoisotopic (exact) mass is 153 g/mol. The Morgan fingerprint density at radius 3 is 2.91 bits per heavy atom. The van der Waals surface area contributed by atoms with Crippen molar-refractivity contribution in [2.45, 2.75) is 32.6 Å². The first-order chi connectivity index (χ1) is 5.26. The summed E-state index contributed by atoms with van der Waals surface area (Å²) in [7, 11) is 0. The third kappa shape index (κ3) is 1.15. The first-order valence-corrected chi connectivity index (χ1v) is 4.53. The van der Waals surface area contributed by atoms with E-state index in [-0.39, 0.29) is 5.91 Å². The molecule has 1 atom stereocenters. The van der Waals surface area contributed by atoms with E-state index in [9.17, 15) is 4.79 Å². The third-order valence-electron chi connectivity index (χ3n) is 3.14. The predicted molar refractivity (Wildman–Crippen MR) is 43.1 cm³/mol. The van der Waals surface area contributed by atoms with Crippen LogP contribution in [0, 0.1) is 11.3 Å².